The van der Waals surface area contributed by atoms with Gasteiger partial charge in [0.15, 0.2) is 6.10 Å². The van der Waals surface area contributed by atoms with Gasteiger partial charge in [0.1, 0.15) is 0 Å². The van der Waals surface area contributed by atoms with Gasteiger partial charge in [-0.3, -0.25) is 4.79 Å². The summed E-state index contributed by atoms with van der Waals surface area (Å²) in [6.07, 6.45) is 0.601. The highest BCUT2D eigenvalue weighted by molar-refractivity contribution is 5.86. The highest BCUT2D eigenvalue weighted by atomic mass is 16.6. The first kappa shape index (κ1) is 14.1. The fraction of sp³-hybridized carbons (Fsp3) is 0.250. The highest BCUT2D eigenvalue weighted by Gasteiger charge is 2.16. The topological polar surface area (TPSA) is 55.4 Å². The molecule has 0 aliphatic rings. The van der Waals surface area contributed by atoms with Crippen molar-refractivity contribution in [3.05, 3.63) is 48.0 Å². The van der Waals surface area contributed by atoms with Gasteiger partial charge in [0.25, 0.3) is 0 Å². The molecular formula is C16H16NO3. The molecule has 0 saturated carbocycles. The van der Waals surface area contributed by atoms with Crippen molar-refractivity contribution in [3.8, 4) is 0 Å². The molecule has 0 saturated heterocycles. The van der Waals surface area contributed by atoms with Crippen LogP contribution in [0.5, 0.6) is 0 Å². The van der Waals surface area contributed by atoms with Gasteiger partial charge in [-0.1, -0.05) is 42.5 Å². The van der Waals surface area contributed by atoms with Crippen molar-refractivity contribution in [3.63, 3.8) is 0 Å². The first-order valence-corrected chi connectivity index (χ1v) is 6.53. The average Bonchev–Trinajstić information content (AvgIpc) is 2.47. The van der Waals surface area contributed by atoms with Crippen molar-refractivity contribution in [1.82, 2.24) is 5.32 Å². The molecule has 1 amide bonds. The molecule has 20 heavy (non-hydrogen) atoms. The molecule has 103 valence electrons. The Morgan fingerprint density at radius 1 is 1.25 bits per heavy atom. The van der Waals surface area contributed by atoms with E-state index in [-0.39, 0.29) is 0 Å². The van der Waals surface area contributed by atoms with Crippen LogP contribution in [0.15, 0.2) is 42.5 Å². The van der Waals surface area contributed by atoms with E-state index in [4.69, 9.17) is 4.74 Å². The van der Waals surface area contributed by atoms with Crippen molar-refractivity contribution in [2.75, 3.05) is 6.54 Å². The number of carbonyl (C=O) groups is 1. The summed E-state index contributed by atoms with van der Waals surface area (Å²) in [5.41, 5.74) is 0.959. The Kier molecular flexibility index (Phi) is 4.71. The average molecular weight is 270 g/mol. The van der Waals surface area contributed by atoms with E-state index < -0.39 is 12.2 Å². The van der Waals surface area contributed by atoms with Crippen LogP contribution in [0.25, 0.3) is 10.8 Å². The third-order valence-electron chi connectivity index (χ3n) is 2.99. The molecule has 0 aliphatic carbocycles. The maximum absolute atomic E-state index is 11.4. The minimum absolute atomic E-state index is 0.321. The molecule has 1 unspecified atom stereocenters. The smallest absolute Gasteiger partial charge is 0.407 e. The predicted octanol–water partition coefficient (Wildman–Crippen LogP) is 2.61. The summed E-state index contributed by atoms with van der Waals surface area (Å²) in [6, 6.07) is 13.7. The lowest BCUT2D eigenvalue weighted by atomic mass is 10.0. The van der Waals surface area contributed by atoms with Crippen LogP contribution in [0.1, 0.15) is 12.5 Å². The Hall–Kier alpha value is -2.36. The Bertz CT molecular complexity index is 604. The van der Waals surface area contributed by atoms with Crippen LogP contribution in [0.4, 0.5) is 4.79 Å². The van der Waals surface area contributed by atoms with Crippen LogP contribution >= 0.6 is 0 Å². The van der Waals surface area contributed by atoms with E-state index >= 15 is 0 Å². The lowest BCUT2D eigenvalue weighted by molar-refractivity contribution is 0.126. The second-order valence-electron chi connectivity index (χ2n) is 4.38. The van der Waals surface area contributed by atoms with Crippen LogP contribution < -0.4 is 5.32 Å². The fourth-order valence-electron chi connectivity index (χ4n) is 2.09. The summed E-state index contributed by atoms with van der Waals surface area (Å²) in [5.74, 6) is 0. The molecule has 0 aromatic heterocycles. The third kappa shape index (κ3) is 3.35. The van der Waals surface area contributed by atoms with Gasteiger partial charge in [-0.15, -0.1) is 0 Å². The molecule has 0 bridgehead atoms. The number of hydrogen-bond acceptors (Lipinski definition) is 3. The van der Waals surface area contributed by atoms with Crippen LogP contribution in [0, 0.1) is 0 Å². The van der Waals surface area contributed by atoms with Gasteiger partial charge in [0, 0.05) is 13.0 Å². The molecule has 2 aromatic rings. The number of nitrogens with one attached hydrogen (secondary N) is 1. The molecule has 2 aromatic carbocycles. The van der Waals surface area contributed by atoms with E-state index in [9.17, 15) is 9.59 Å². The zero-order valence-electron chi connectivity index (χ0n) is 11.3. The molecule has 0 fully saturated rings. The van der Waals surface area contributed by atoms with Crippen molar-refractivity contribution in [2.45, 2.75) is 19.4 Å². The number of carbonyl (C=O) groups excluding carboxylic acids is 2. The molecule has 1 atom stereocenters. The van der Waals surface area contributed by atoms with Gasteiger partial charge in [-0.25, -0.2) is 4.79 Å². The SMILES string of the molecule is CCNC(=O)OC([C]=O)Cc1cccc2ccccc12. The quantitative estimate of drug-likeness (QED) is 0.908. The lowest BCUT2D eigenvalue weighted by Crippen LogP contribution is -2.30. The summed E-state index contributed by atoms with van der Waals surface area (Å²) in [4.78, 5) is 22.3. The van der Waals surface area contributed by atoms with E-state index in [0.29, 0.717) is 13.0 Å². The van der Waals surface area contributed by atoms with Crippen molar-refractivity contribution >= 4 is 23.2 Å². The van der Waals surface area contributed by atoms with Gasteiger partial charge < -0.3 is 10.1 Å². The zero-order chi connectivity index (χ0) is 14.4. The second kappa shape index (κ2) is 6.70. The molecule has 0 heterocycles. The molecule has 4 nitrogen and oxygen atoms in total. The van der Waals surface area contributed by atoms with E-state index in [1.807, 2.05) is 42.5 Å². The molecule has 1 N–H and O–H groups in total. The van der Waals surface area contributed by atoms with Gasteiger partial charge in [-0.2, -0.15) is 0 Å². The van der Waals surface area contributed by atoms with Gasteiger partial charge in [0.05, 0.1) is 0 Å². The Morgan fingerprint density at radius 2 is 2.00 bits per heavy atom. The molecular weight excluding hydrogens is 254 g/mol. The van der Waals surface area contributed by atoms with Crippen LogP contribution in [0.3, 0.4) is 0 Å². The van der Waals surface area contributed by atoms with E-state index in [0.717, 1.165) is 16.3 Å². The summed E-state index contributed by atoms with van der Waals surface area (Å²) in [5, 5.41) is 4.63. The van der Waals surface area contributed by atoms with Crippen LogP contribution in [-0.4, -0.2) is 25.0 Å². The first-order chi connectivity index (χ1) is 9.74. The van der Waals surface area contributed by atoms with Crippen LogP contribution in [0.2, 0.25) is 0 Å². The minimum Gasteiger partial charge on any atom is -0.437 e. The normalized spacial score (nSPS) is 11.8. The predicted molar refractivity (Wildman–Crippen MR) is 77.3 cm³/mol. The van der Waals surface area contributed by atoms with E-state index in [1.54, 1.807) is 13.2 Å². The lowest BCUT2D eigenvalue weighted by Gasteiger charge is -2.13. The maximum Gasteiger partial charge on any atom is 0.407 e. The number of alkyl carbamates (subject to hydrolysis) is 1. The monoisotopic (exact) mass is 270 g/mol. The Morgan fingerprint density at radius 3 is 2.75 bits per heavy atom. The molecule has 4 heteroatoms. The summed E-state index contributed by atoms with van der Waals surface area (Å²) in [6.45, 7) is 2.24. The van der Waals surface area contributed by atoms with E-state index in [1.165, 1.54) is 0 Å². The minimum atomic E-state index is -0.896. The number of hydrogen-bond donors (Lipinski definition) is 1. The number of rotatable bonds is 5. The molecule has 2 rings (SSSR count). The zero-order valence-corrected chi connectivity index (χ0v) is 11.3. The Labute approximate surface area is 117 Å². The van der Waals surface area contributed by atoms with Crippen molar-refractivity contribution < 1.29 is 14.3 Å². The van der Waals surface area contributed by atoms with Gasteiger partial charge >= 0.3 is 6.09 Å². The summed E-state index contributed by atoms with van der Waals surface area (Å²) < 4.78 is 5.02. The summed E-state index contributed by atoms with van der Waals surface area (Å²) >= 11 is 0. The third-order valence-corrected chi connectivity index (χ3v) is 2.99. The van der Waals surface area contributed by atoms with Gasteiger partial charge in [-0.05, 0) is 23.3 Å². The largest absolute Gasteiger partial charge is 0.437 e. The fourth-order valence-corrected chi connectivity index (χ4v) is 2.09. The van der Waals surface area contributed by atoms with Crippen molar-refractivity contribution in [1.29, 1.82) is 0 Å². The first-order valence-electron chi connectivity index (χ1n) is 6.53. The highest BCUT2D eigenvalue weighted by Crippen LogP contribution is 2.20. The number of benzene rings is 2. The second-order valence-corrected chi connectivity index (χ2v) is 4.38. The number of fused-ring (bicyclic) bond motifs is 1. The molecule has 0 spiro atoms. The molecule has 1 radical (unpaired) electrons. The number of amides is 1. The van der Waals surface area contributed by atoms with Crippen molar-refractivity contribution in [2.24, 2.45) is 0 Å². The van der Waals surface area contributed by atoms with Crippen LogP contribution in [-0.2, 0) is 16.0 Å². The molecule has 0 aliphatic heterocycles. The van der Waals surface area contributed by atoms with Gasteiger partial charge in [0.2, 0.25) is 6.29 Å². The Balaban J connectivity index is 2.17. The standard InChI is InChI=1S/C16H16NO3/c1-2-17-16(19)20-14(11-18)10-13-8-5-7-12-6-3-4-9-15(12)13/h3-9,14H,2,10H2,1H3,(H,17,19). The number of ether oxygens (including phenoxy) is 1. The maximum atomic E-state index is 11.4. The summed E-state index contributed by atoms with van der Waals surface area (Å²) in [7, 11) is 0. The van der Waals surface area contributed by atoms with E-state index in [2.05, 4.69) is 5.32 Å².